The number of carbonyl (C=O) groups is 1. The Morgan fingerprint density at radius 1 is 1.12 bits per heavy atom. The van der Waals surface area contributed by atoms with Gasteiger partial charge in [0.1, 0.15) is 5.52 Å². The summed E-state index contributed by atoms with van der Waals surface area (Å²) < 4.78 is 5.81. The molecule has 5 nitrogen and oxygen atoms in total. The van der Waals surface area contributed by atoms with Crippen LogP contribution in [0, 0.1) is 5.92 Å². The first-order chi connectivity index (χ1) is 12.6. The van der Waals surface area contributed by atoms with E-state index in [9.17, 15) is 4.79 Å². The molecule has 0 atom stereocenters. The lowest BCUT2D eigenvalue weighted by molar-refractivity contribution is -0.120. The molecule has 134 valence electrons. The number of amides is 1. The summed E-state index contributed by atoms with van der Waals surface area (Å²) in [5, 5.41) is 3.68. The second-order valence-electron chi connectivity index (χ2n) is 6.32. The van der Waals surface area contributed by atoms with Crippen molar-refractivity contribution in [2.45, 2.75) is 12.8 Å². The summed E-state index contributed by atoms with van der Waals surface area (Å²) in [7, 11) is 0. The third kappa shape index (κ3) is 3.37. The van der Waals surface area contributed by atoms with Crippen molar-refractivity contribution >= 4 is 51.9 Å². The maximum atomic E-state index is 12.5. The van der Waals surface area contributed by atoms with Gasteiger partial charge in [-0.1, -0.05) is 41.4 Å². The van der Waals surface area contributed by atoms with Gasteiger partial charge in [-0.25, -0.2) is 0 Å². The van der Waals surface area contributed by atoms with Crippen molar-refractivity contribution in [1.29, 1.82) is 0 Å². The number of nitrogens with one attached hydrogen (secondary N) is 1. The second kappa shape index (κ2) is 7.17. The second-order valence-corrected chi connectivity index (χ2v) is 7.10. The highest BCUT2D eigenvalue weighted by Crippen LogP contribution is 2.31. The van der Waals surface area contributed by atoms with Crippen molar-refractivity contribution < 1.29 is 9.21 Å². The lowest BCUT2D eigenvalue weighted by Crippen LogP contribution is -2.38. The van der Waals surface area contributed by atoms with Gasteiger partial charge in [-0.3, -0.25) is 4.79 Å². The summed E-state index contributed by atoms with van der Waals surface area (Å²) in [6.45, 7) is 1.43. The fourth-order valence-electron chi connectivity index (χ4n) is 3.16. The minimum absolute atomic E-state index is 0.0358. The molecule has 0 saturated carbocycles. The number of hydrogen-bond donors (Lipinski definition) is 1. The number of anilines is 2. The molecule has 0 unspecified atom stereocenters. The van der Waals surface area contributed by atoms with Gasteiger partial charge in [-0.05, 0) is 37.1 Å². The maximum absolute atomic E-state index is 12.5. The van der Waals surface area contributed by atoms with E-state index in [-0.39, 0.29) is 11.8 Å². The summed E-state index contributed by atoms with van der Waals surface area (Å²) in [4.78, 5) is 19.1. The van der Waals surface area contributed by atoms with Crippen LogP contribution in [-0.2, 0) is 4.79 Å². The highest BCUT2D eigenvalue weighted by atomic mass is 35.5. The molecule has 2 aromatic carbocycles. The Balaban J connectivity index is 1.40. The molecular formula is C19H17Cl2N3O2. The Kier molecular flexibility index (Phi) is 4.74. The number of nitrogens with zero attached hydrogens (tertiary/aromatic N) is 2. The predicted molar refractivity (Wildman–Crippen MR) is 104 cm³/mol. The van der Waals surface area contributed by atoms with Gasteiger partial charge < -0.3 is 14.6 Å². The zero-order valence-electron chi connectivity index (χ0n) is 13.9. The van der Waals surface area contributed by atoms with Crippen LogP contribution in [0.2, 0.25) is 10.0 Å². The quantitative estimate of drug-likeness (QED) is 0.685. The molecule has 1 aromatic heterocycles. The largest absolute Gasteiger partial charge is 0.423 e. The van der Waals surface area contributed by atoms with E-state index in [1.165, 1.54) is 0 Å². The maximum Gasteiger partial charge on any atom is 0.298 e. The third-order valence-electron chi connectivity index (χ3n) is 4.63. The van der Waals surface area contributed by atoms with Gasteiger partial charge in [0.05, 0.1) is 15.7 Å². The molecule has 1 fully saturated rings. The van der Waals surface area contributed by atoms with E-state index in [1.54, 1.807) is 18.2 Å². The summed E-state index contributed by atoms with van der Waals surface area (Å²) in [6.07, 6.45) is 1.45. The molecule has 1 aliphatic rings. The van der Waals surface area contributed by atoms with Gasteiger partial charge in [-0.15, -0.1) is 0 Å². The molecule has 7 heteroatoms. The van der Waals surface area contributed by atoms with Gasteiger partial charge in [0, 0.05) is 19.0 Å². The number of halogens is 2. The van der Waals surface area contributed by atoms with Crippen molar-refractivity contribution in [3.63, 3.8) is 0 Å². The van der Waals surface area contributed by atoms with Crippen LogP contribution >= 0.6 is 23.2 Å². The fourth-order valence-corrected chi connectivity index (χ4v) is 3.51. The SMILES string of the molecule is O=C(Nc1cccc(Cl)c1Cl)C1CCN(c2nc3ccccc3o2)CC1. The molecule has 1 amide bonds. The fraction of sp³-hybridized carbons (Fsp3) is 0.263. The van der Waals surface area contributed by atoms with E-state index in [4.69, 9.17) is 27.6 Å². The lowest BCUT2D eigenvalue weighted by Gasteiger charge is -2.30. The van der Waals surface area contributed by atoms with E-state index < -0.39 is 0 Å². The number of aromatic nitrogens is 1. The molecule has 4 rings (SSSR count). The highest BCUT2D eigenvalue weighted by Gasteiger charge is 2.27. The monoisotopic (exact) mass is 389 g/mol. The predicted octanol–water partition coefficient (Wildman–Crippen LogP) is 4.99. The summed E-state index contributed by atoms with van der Waals surface area (Å²) >= 11 is 12.1. The van der Waals surface area contributed by atoms with Crippen molar-refractivity contribution in [2.75, 3.05) is 23.3 Å². The van der Waals surface area contributed by atoms with Crippen LogP contribution in [0.5, 0.6) is 0 Å². The molecule has 3 aromatic rings. The van der Waals surface area contributed by atoms with Crippen LogP contribution in [0.1, 0.15) is 12.8 Å². The van der Waals surface area contributed by atoms with Gasteiger partial charge >= 0.3 is 0 Å². The summed E-state index contributed by atoms with van der Waals surface area (Å²) in [5.74, 6) is -0.114. The minimum Gasteiger partial charge on any atom is -0.423 e. The lowest BCUT2D eigenvalue weighted by atomic mass is 9.96. The van der Waals surface area contributed by atoms with Crippen LogP contribution in [0.3, 0.4) is 0 Å². The summed E-state index contributed by atoms with van der Waals surface area (Å²) in [6, 6.07) is 13.5. The first-order valence-corrected chi connectivity index (χ1v) is 9.23. The normalized spacial score (nSPS) is 15.4. The Hall–Kier alpha value is -2.24. The molecule has 2 heterocycles. The van der Waals surface area contributed by atoms with E-state index in [1.807, 2.05) is 24.3 Å². The number of benzene rings is 2. The smallest absolute Gasteiger partial charge is 0.298 e. The van der Waals surface area contributed by atoms with E-state index >= 15 is 0 Å². The van der Waals surface area contributed by atoms with E-state index in [2.05, 4.69) is 15.2 Å². The zero-order valence-corrected chi connectivity index (χ0v) is 15.4. The highest BCUT2D eigenvalue weighted by molar-refractivity contribution is 6.44. The van der Waals surface area contributed by atoms with Gasteiger partial charge in [0.15, 0.2) is 5.58 Å². The number of para-hydroxylation sites is 2. The molecule has 0 bridgehead atoms. The molecule has 1 aliphatic heterocycles. The molecule has 26 heavy (non-hydrogen) atoms. The molecule has 1 saturated heterocycles. The Morgan fingerprint density at radius 3 is 2.65 bits per heavy atom. The van der Waals surface area contributed by atoms with Crippen molar-refractivity contribution in [3.05, 3.63) is 52.5 Å². The van der Waals surface area contributed by atoms with Crippen LogP contribution in [-0.4, -0.2) is 24.0 Å². The van der Waals surface area contributed by atoms with Crippen LogP contribution < -0.4 is 10.2 Å². The number of piperidine rings is 1. The van der Waals surface area contributed by atoms with Crippen molar-refractivity contribution in [1.82, 2.24) is 4.98 Å². The van der Waals surface area contributed by atoms with Gasteiger partial charge in [0.2, 0.25) is 5.91 Å². The Morgan fingerprint density at radius 2 is 1.88 bits per heavy atom. The molecule has 1 N–H and O–H groups in total. The van der Waals surface area contributed by atoms with Crippen LogP contribution in [0.25, 0.3) is 11.1 Å². The zero-order chi connectivity index (χ0) is 18.1. The number of carbonyl (C=O) groups excluding carboxylic acids is 1. The molecule has 0 spiro atoms. The number of fused-ring (bicyclic) bond motifs is 1. The first kappa shape index (κ1) is 17.2. The third-order valence-corrected chi connectivity index (χ3v) is 5.45. The Bertz CT molecular complexity index is 916. The minimum atomic E-state index is -0.0781. The average Bonchev–Trinajstić information content (AvgIpc) is 3.10. The molecule has 0 aliphatic carbocycles. The van der Waals surface area contributed by atoms with Crippen LogP contribution in [0.15, 0.2) is 46.9 Å². The number of oxazole rings is 1. The average molecular weight is 390 g/mol. The standard InChI is InChI=1S/C19H17Cl2N3O2/c20-13-4-3-6-15(17(13)21)22-18(25)12-8-10-24(11-9-12)19-23-14-5-1-2-7-16(14)26-19/h1-7,12H,8-11H2,(H,22,25). The molecule has 0 radical (unpaired) electrons. The van der Waals surface area contributed by atoms with E-state index in [0.717, 1.165) is 23.9 Å². The van der Waals surface area contributed by atoms with Crippen molar-refractivity contribution in [3.8, 4) is 0 Å². The molecular weight excluding hydrogens is 373 g/mol. The first-order valence-electron chi connectivity index (χ1n) is 8.47. The van der Waals surface area contributed by atoms with Gasteiger partial charge in [-0.2, -0.15) is 4.98 Å². The number of hydrogen-bond acceptors (Lipinski definition) is 4. The topological polar surface area (TPSA) is 58.4 Å². The van der Waals surface area contributed by atoms with Crippen molar-refractivity contribution in [2.24, 2.45) is 5.92 Å². The Labute approximate surface area is 160 Å². The van der Waals surface area contributed by atoms with Crippen LogP contribution in [0.4, 0.5) is 11.7 Å². The summed E-state index contributed by atoms with van der Waals surface area (Å²) in [5.41, 5.74) is 2.17. The van der Waals surface area contributed by atoms with Gasteiger partial charge in [0.25, 0.3) is 6.01 Å². The van der Waals surface area contributed by atoms with E-state index in [0.29, 0.717) is 34.8 Å². The number of rotatable bonds is 3.